The number of halogens is 2. The van der Waals surface area contributed by atoms with Gasteiger partial charge in [0.2, 0.25) is 0 Å². The summed E-state index contributed by atoms with van der Waals surface area (Å²) < 4.78 is 7.78. The van der Waals surface area contributed by atoms with Crippen molar-refractivity contribution >= 4 is 36.4 Å². The number of amides is 1. The molecule has 158 valence electrons. The monoisotopic (exact) mass is 438 g/mol. The minimum Gasteiger partial charge on any atom is -0.487 e. The van der Waals surface area contributed by atoms with Gasteiger partial charge in [-0.25, -0.2) is 4.98 Å². The molecule has 1 atom stereocenters. The number of carbonyl (C=O) groups excluding carboxylic acids is 1. The van der Waals surface area contributed by atoms with Crippen molar-refractivity contribution in [3.63, 3.8) is 0 Å². The normalized spacial score (nSPS) is 11.2. The highest BCUT2D eigenvalue weighted by Gasteiger charge is 2.13. The number of imidazole rings is 1. The molecule has 1 unspecified atom stereocenters. The van der Waals surface area contributed by atoms with Crippen LogP contribution < -0.4 is 15.8 Å². The van der Waals surface area contributed by atoms with Gasteiger partial charge in [0.25, 0.3) is 5.91 Å². The Morgan fingerprint density at radius 2 is 2.07 bits per heavy atom. The van der Waals surface area contributed by atoms with Gasteiger partial charge in [-0.3, -0.25) is 4.79 Å². The number of unbranched alkanes of at least 4 members (excludes halogenated alkanes) is 1. The Bertz CT molecular complexity index is 868. The van der Waals surface area contributed by atoms with Crippen molar-refractivity contribution in [2.75, 3.05) is 6.54 Å². The Kier molecular flexibility index (Phi) is 10.5. The van der Waals surface area contributed by atoms with Crippen LogP contribution in [0.15, 0.2) is 54.9 Å². The van der Waals surface area contributed by atoms with E-state index in [9.17, 15) is 4.79 Å². The van der Waals surface area contributed by atoms with E-state index in [-0.39, 0.29) is 36.8 Å². The Balaban J connectivity index is 0.00000210. The van der Waals surface area contributed by atoms with E-state index in [2.05, 4.69) is 17.2 Å². The molecule has 3 aromatic rings. The molecular weight excluding hydrogens is 411 g/mol. The van der Waals surface area contributed by atoms with Crippen LogP contribution in [0.3, 0.4) is 0 Å². The van der Waals surface area contributed by atoms with E-state index >= 15 is 0 Å². The summed E-state index contributed by atoms with van der Waals surface area (Å²) in [5, 5.41) is 3.00. The second-order valence-electron chi connectivity index (χ2n) is 6.56. The number of fused-ring (bicyclic) bond motifs is 1. The van der Waals surface area contributed by atoms with Gasteiger partial charge in [-0.15, -0.1) is 24.8 Å². The fraction of sp³-hybridized carbons (Fsp3) is 0.333. The quantitative estimate of drug-likeness (QED) is 0.528. The van der Waals surface area contributed by atoms with Gasteiger partial charge in [-0.2, -0.15) is 0 Å². The van der Waals surface area contributed by atoms with Crippen LogP contribution in [-0.4, -0.2) is 27.9 Å². The van der Waals surface area contributed by atoms with Gasteiger partial charge in [-0.05, 0) is 36.8 Å². The zero-order valence-electron chi connectivity index (χ0n) is 16.4. The zero-order valence-corrected chi connectivity index (χ0v) is 18.0. The third-order valence-electron chi connectivity index (χ3n) is 4.42. The minimum atomic E-state index is -0.125. The van der Waals surface area contributed by atoms with Gasteiger partial charge in [0.15, 0.2) is 0 Å². The molecule has 3 rings (SSSR count). The molecule has 0 bridgehead atoms. The molecule has 1 aromatic carbocycles. The van der Waals surface area contributed by atoms with Crippen molar-refractivity contribution in [2.24, 2.45) is 5.73 Å². The SMILES string of the molecule is CCCCC(CN)NC(=O)c1cccc(OCc2cn3ccccc3n2)c1.Cl.Cl. The molecule has 2 aromatic heterocycles. The molecule has 0 aliphatic heterocycles. The number of hydrogen-bond acceptors (Lipinski definition) is 4. The molecule has 1 amide bonds. The number of hydrogen-bond donors (Lipinski definition) is 2. The molecule has 0 aliphatic rings. The Morgan fingerprint density at radius 1 is 1.24 bits per heavy atom. The number of nitrogens with one attached hydrogen (secondary N) is 1. The van der Waals surface area contributed by atoms with Crippen LogP contribution in [-0.2, 0) is 6.61 Å². The van der Waals surface area contributed by atoms with Gasteiger partial charge in [0, 0.05) is 30.5 Å². The number of nitrogens with zero attached hydrogens (tertiary/aromatic N) is 2. The number of aromatic nitrogens is 2. The van der Waals surface area contributed by atoms with E-state index in [0.717, 1.165) is 30.6 Å². The Hall–Kier alpha value is -2.28. The van der Waals surface area contributed by atoms with Crippen molar-refractivity contribution in [1.82, 2.24) is 14.7 Å². The van der Waals surface area contributed by atoms with E-state index in [4.69, 9.17) is 10.5 Å². The van der Waals surface area contributed by atoms with Crippen molar-refractivity contribution in [3.8, 4) is 5.75 Å². The molecule has 0 fully saturated rings. The lowest BCUT2D eigenvalue weighted by atomic mass is 10.1. The van der Waals surface area contributed by atoms with Crippen molar-refractivity contribution < 1.29 is 9.53 Å². The third-order valence-corrected chi connectivity index (χ3v) is 4.42. The molecule has 0 saturated carbocycles. The first-order valence-electron chi connectivity index (χ1n) is 9.36. The number of rotatable bonds is 9. The minimum absolute atomic E-state index is 0. The van der Waals surface area contributed by atoms with Crippen LogP contribution >= 0.6 is 24.8 Å². The lowest BCUT2D eigenvalue weighted by molar-refractivity contribution is 0.0935. The van der Waals surface area contributed by atoms with E-state index in [1.165, 1.54) is 0 Å². The summed E-state index contributed by atoms with van der Waals surface area (Å²) in [4.78, 5) is 17.0. The summed E-state index contributed by atoms with van der Waals surface area (Å²) >= 11 is 0. The smallest absolute Gasteiger partial charge is 0.251 e. The average molecular weight is 439 g/mol. The highest BCUT2D eigenvalue weighted by atomic mass is 35.5. The molecule has 29 heavy (non-hydrogen) atoms. The van der Waals surface area contributed by atoms with Crippen LogP contribution in [0.1, 0.15) is 42.2 Å². The van der Waals surface area contributed by atoms with Gasteiger partial charge in [-0.1, -0.05) is 31.9 Å². The maximum absolute atomic E-state index is 12.5. The van der Waals surface area contributed by atoms with Crippen LogP contribution in [0, 0.1) is 0 Å². The highest BCUT2D eigenvalue weighted by Crippen LogP contribution is 2.16. The fourth-order valence-electron chi connectivity index (χ4n) is 2.91. The van der Waals surface area contributed by atoms with Crippen LogP contribution in [0.25, 0.3) is 5.65 Å². The highest BCUT2D eigenvalue weighted by molar-refractivity contribution is 5.94. The van der Waals surface area contributed by atoms with E-state index in [1.54, 1.807) is 12.1 Å². The molecule has 0 spiro atoms. The van der Waals surface area contributed by atoms with Gasteiger partial charge >= 0.3 is 0 Å². The lowest BCUT2D eigenvalue weighted by Crippen LogP contribution is -2.40. The first-order valence-corrected chi connectivity index (χ1v) is 9.36. The number of carbonyl (C=O) groups is 1. The maximum Gasteiger partial charge on any atom is 0.251 e. The van der Waals surface area contributed by atoms with E-state index < -0.39 is 0 Å². The van der Waals surface area contributed by atoms with Crippen molar-refractivity contribution in [1.29, 1.82) is 0 Å². The molecule has 6 nitrogen and oxygen atoms in total. The first-order chi connectivity index (χ1) is 13.2. The standard InChI is InChI=1S/C21H26N4O2.2ClH/c1-2-3-8-17(13-22)24-21(26)16-7-6-9-19(12-16)27-15-18-14-25-11-5-4-10-20(25)23-18;;/h4-7,9-12,14,17H,2-3,8,13,15,22H2,1H3,(H,24,26);2*1H. The predicted molar refractivity (Wildman–Crippen MR) is 120 cm³/mol. The van der Waals surface area contributed by atoms with Crippen molar-refractivity contribution in [3.05, 3.63) is 66.1 Å². The van der Waals surface area contributed by atoms with Crippen LogP contribution in [0.4, 0.5) is 0 Å². The summed E-state index contributed by atoms with van der Waals surface area (Å²) in [5.41, 5.74) is 8.04. The molecule has 2 heterocycles. The van der Waals surface area contributed by atoms with E-state index in [0.29, 0.717) is 24.5 Å². The number of benzene rings is 1. The molecule has 0 radical (unpaired) electrons. The average Bonchev–Trinajstić information content (AvgIpc) is 3.12. The summed E-state index contributed by atoms with van der Waals surface area (Å²) in [6.07, 6.45) is 6.90. The molecule has 0 aliphatic carbocycles. The largest absolute Gasteiger partial charge is 0.487 e. The van der Waals surface area contributed by atoms with Gasteiger partial charge in [0.05, 0.1) is 5.69 Å². The zero-order chi connectivity index (χ0) is 19.1. The van der Waals surface area contributed by atoms with Crippen molar-refractivity contribution in [2.45, 2.75) is 38.8 Å². The Morgan fingerprint density at radius 3 is 2.79 bits per heavy atom. The fourth-order valence-corrected chi connectivity index (χ4v) is 2.91. The number of pyridine rings is 1. The molecule has 8 heteroatoms. The predicted octanol–water partition coefficient (Wildman–Crippen LogP) is 4.00. The van der Waals surface area contributed by atoms with Gasteiger partial charge < -0.3 is 20.2 Å². The lowest BCUT2D eigenvalue weighted by Gasteiger charge is -2.16. The number of ether oxygens (including phenoxy) is 1. The second kappa shape index (κ2) is 12.3. The van der Waals surface area contributed by atoms with E-state index in [1.807, 2.05) is 47.1 Å². The maximum atomic E-state index is 12.5. The summed E-state index contributed by atoms with van der Waals surface area (Å²) in [5.74, 6) is 0.511. The topological polar surface area (TPSA) is 81.6 Å². The summed E-state index contributed by atoms with van der Waals surface area (Å²) in [7, 11) is 0. The third kappa shape index (κ3) is 6.92. The molecular formula is C21H28Cl2N4O2. The number of nitrogens with two attached hydrogens (primary N) is 1. The van der Waals surface area contributed by atoms with Crippen LogP contribution in [0.2, 0.25) is 0 Å². The molecule has 3 N–H and O–H groups in total. The first kappa shape index (κ1) is 24.8. The van der Waals surface area contributed by atoms with Crippen LogP contribution in [0.5, 0.6) is 5.75 Å². The van der Waals surface area contributed by atoms with Gasteiger partial charge in [0.1, 0.15) is 18.0 Å². The molecule has 0 saturated heterocycles. The summed E-state index contributed by atoms with van der Waals surface area (Å²) in [6, 6.07) is 13.0. The Labute approximate surface area is 183 Å². The second-order valence-corrected chi connectivity index (χ2v) is 6.56. The summed E-state index contributed by atoms with van der Waals surface area (Å²) in [6.45, 7) is 2.91.